The Bertz CT molecular complexity index is 887. The van der Waals surface area contributed by atoms with Gasteiger partial charge in [-0.15, -0.1) is 0 Å². The van der Waals surface area contributed by atoms with E-state index < -0.39 is 17.6 Å². The summed E-state index contributed by atoms with van der Waals surface area (Å²) in [5, 5.41) is 3.02. The summed E-state index contributed by atoms with van der Waals surface area (Å²) in [6, 6.07) is 7.55. The zero-order chi connectivity index (χ0) is 20.1. The number of carbonyl (C=O) groups is 1. The predicted molar refractivity (Wildman–Crippen MR) is 101 cm³/mol. The molecule has 144 valence electrons. The van der Waals surface area contributed by atoms with Gasteiger partial charge >= 0.3 is 5.97 Å². The molecule has 0 saturated heterocycles. The molecule has 0 bridgehead atoms. The molecular weight excluding hydrogens is 352 g/mol. The van der Waals surface area contributed by atoms with E-state index in [1.807, 2.05) is 6.92 Å². The van der Waals surface area contributed by atoms with Crippen LogP contribution in [0.4, 0.5) is 14.5 Å². The van der Waals surface area contributed by atoms with Crippen LogP contribution in [0.1, 0.15) is 30.5 Å². The molecule has 2 aromatic carbocycles. The van der Waals surface area contributed by atoms with Crippen molar-refractivity contribution in [2.75, 3.05) is 12.4 Å². The molecule has 0 amide bonds. The number of esters is 1. The number of ether oxygens (including phenoxy) is 2. The number of rotatable bonds is 6. The normalized spacial score (nSPS) is 10.3. The van der Waals surface area contributed by atoms with Crippen molar-refractivity contribution < 1.29 is 23.0 Å². The Morgan fingerprint density at radius 3 is 2.37 bits per heavy atom. The van der Waals surface area contributed by atoms with Gasteiger partial charge in [-0.2, -0.15) is 0 Å². The van der Waals surface area contributed by atoms with Gasteiger partial charge in [0.2, 0.25) is 0 Å². The van der Waals surface area contributed by atoms with Gasteiger partial charge in [0.05, 0.1) is 13.5 Å². The Kier molecular flexibility index (Phi) is 6.55. The third kappa shape index (κ3) is 5.06. The van der Waals surface area contributed by atoms with Crippen molar-refractivity contribution in [1.29, 1.82) is 0 Å². The second-order valence-electron chi connectivity index (χ2n) is 6.45. The number of methoxy groups -OCH3 is 1. The van der Waals surface area contributed by atoms with E-state index in [0.29, 0.717) is 17.1 Å². The minimum atomic E-state index is -0.628. The molecule has 0 heterocycles. The topological polar surface area (TPSA) is 47.6 Å². The lowest BCUT2D eigenvalue weighted by atomic mass is 10.1. The van der Waals surface area contributed by atoms with E-state index in [0.717, 1.165) is 11.1 Å². The lowest BCUT2D eigenvalue weighted by Crippen LogP contribution is -2.13. The fourth-order valence-corrected chi connectivity index (χ4v) is 2.39. The standard InChI is InChI=1S/C21H23F2NO3/c1-12(2)21(24-17-11-16(22)9-7-13(17)3)27-20-14(4)6-8-15(19(20)23)10-18(25)26-5/h6-9,11,24H,10H2,1-5H3. The minimum Gasteiger partial charge on any atom is -0.469 e. The van der Waals surface area contributed by atoms with Crippen LogP contribution in [-0.2, 0) is 16.0 Å². The molecule has 0 fully saturated rings. The zero-order valence-electron chi connectivity index (χ0n) is 16.1. The van der Waals surface area contributed by atoms with Crippen molar-refractivity contribution in [2.45, 2.75) is 34.1 Å². The summed E-state index contributed by atoms with van der Waals surface area (Å²) >= 11 is 0. The van der Waals surface area contributed by atoms with Crippen molar-refractivity contribution in [3.05, 3.63) is 70.1 Å². The van der Waals surface area contributed by atoms with Crippen LogP contribution in [0.15, 0.2) is 41.8 Å². The molecule has 0 aliphatic carbocycles. The van der Waals surface area contributed by atoms with Crippen LogP contribution in [0.3, 0.4) is 0 Å². The van der Waals surface area contributed by atoms with Crippen LogP contribution < -0.4 is 10.1 Å². The fourth-order valence-electron chi connectivity index (χ4n) is 2.39. The highest BCUT2D eigenvalue weighted by molar-refractivity contribution is 5.72. The molecule has 2 aromatic rings. The Morgan fingerprint density at radius 2 is 1.74 bits per heavy atom. The maximum atomic E-state index is 14.9. The van der Waals surface area contributed by atoms with Gasteiger partial charge in [-0.1, -0.05) is 18.2 Å². The summed E-state index contributed by atoms with van der Waals surface area (Å²) in [5.41, 5.74) is 2.83. The van der Waals surface area contributed by atoms with Gasteiger partial charge in [0.25, 0.3) is 0 Å². The lowest BCUT2D eigenvalue weighted by molar-refractivity contribution is -0.139. The van der Waals surface area contributed by atoms with Crippen molar-refractivity contribution in [3.8, 4) is 5.75 Å². The van der Waals surface area contributed by atoms with Gasteiger partial charge in [0.1, 0.15) is 5.82 Å². The number of hydrogen-bond donors (Lipinski definition) is 1. The molecule has 1 N–H and O–H groups in total. The molecule has 2 rings (SSSR count). The molecule has 0 radical (unpaired) electrons. The number of aryl methyl sites for hydroxylation is 2. The average Bonchev–Trinajstić information content (AvgIpc) is 2.62. The van der Waals surface area contributed by atoms with Crippen LogP contribution in [0.5, 0.6) is 5.75 Å². The second kappa shape index (κ2) is 8.66. The van der Waals surface area contributed by atoms with Gasteiger partial charge in [-0.3, -0.25) is 4.79 Å². The molecule has 0 aromatic heterocycles. The molecule has 0 spiro atoms. The summed E-state index contributed by atoms with van der Waals surface area (Å²) in [5.74, 6) is -1.26. The quantitative estimate of drug-likeness (QED) is 0.568. The van der Waals surface area contributed by atoms with Crippen LogP contribution in [-0.4, -0.2) is 13.1 Å². The first kappa shape index (κ1) is 20.4. The van der Waals surface area contributed by atoms with E-state index in [-0.39, 0.29) is 17.7 Å². The second-order valence-corrected chi connectivity index (χ2v) is 6.45. The molecule has 4 nitrogen and oxygen atoms in total. The lowest BCUT2D eigenvalue weighted by Gasteiger charge is -2.18. The van der Waals surface area contributed by atoms with E-state index in [2.05, 4.69) is 10.1 Å². The van der Waals surface area contributed by atoms with E-state index >= 15 is 0 Å². The van der Waals surface area contributed by atoms with Gasteiger partial charge in [-0.25, -0.2) is 8.78 Å². The first-order valence-corrected chi connectivity index (χ1v) is 8.46. The molecule has 0 atom stereocenters. The Labute approximate surface area is 157 Å². The molecule has 0 aliphatic heterocycles. The Balaban J connectivity index is 2.37. The Hall–Kier alpha value is -2.89. The number of anilines is 1. The minimum absolute atomic E-state index is 0.00848. The first-order chi connectivity index (χ1) is 12.7. The van der Waals surface area contributed by atoms with Crippen molar-refractivity contribution in [1.82, 2.24) is 0 Å². The summed E-state index contributed by atoms with van der Waals surface area (Å²) in [6.45, 7) is 7.12. The summed E-state index contributed by atoms with van der Waals surface area (Å²) in [7, 11) is 1.25. The number of allylic oxidation sites excluding steroid dienone is 1. The van der Waals surface area contributed by atoms with Gasteiger partial charge in [0.15, 0.2) is 17.4 Å². The van der Waals surface area contributed by atoms with Crippen molar-refractivity contribution in [2.24, 2.45) is 0 Å². The molecule has 0 unspecified atom stereocenters. The molecular formula is C21H23F2NO3. The van der Waals surface area contributed by atoms with E-state index in [4.69, 9.17) is 4.74 Å². The molecule has 0 aliphatic rings. The van der Waals surface area contributed by atoms with E-state index in [9.17, 15) is 13.6 Å². The van der Waals surface area contributed by atoms with Gasteiger partial charge in [-0.05, 0) is 56.5 Å². The van der Waals surface area contributed by atoms with E-state index in [1.165, 1.54) is 25.3 Å². The average molecular weight is 375 g/mol. The smallest absolute Gasteiger partial charge is 0.310 e. The number of carbonyl (C=O) groups excluding carboxylic acids is 1. The predicted octanol–water partition coefficient (Wildman–Crippen LogP) is 5.04. The summed E-state index contributed by atoms with van der Waals surface area (Å²) in [6.07, 6.45) is -0.195. The number of benzene rings is 2. The fraction of sp³-hybridized carbons (Fsp3) is 0.286. The zero-order valence-corrected chi connectivity index (χ0v) is 16.1. The van der Waals surface area contributed by atoms with Gasteiger partial charge < -0.3 is 14.8 Å². The maximum absolute atomic E-state index is 14.9. The third-order valence-electron chi connectivity index (χ3n) is 4.04. The van der Waals surface area contributed by atoms with Crippen molar-refractivity contribution >= 4 is 11.7 Å². The third-order valence-corrected chi connectivity index (χ3v) is 4.04. The SMILES string of the molecule is COC(=O)Cc1ccc(C)c(OC(Nc2cc(F)ccc2C)=C(C)C)c1F. The number of halogens is 2. The monoisotopic (exact) mass is 375 g/mol. The summed E-state index contributed by atoms with van der Waals surface area (Å²) < 4.78 is 38.9. The maximum Gasteiger partial charge on any atom is 0.310 e. The van der Waals surface area contributed by atoms with Crippen LogP contribution in [0, 0.1) is 25.5 Å². The highest BCUT2D eigenvalue weighted by Gasteiger charge is 2.18. The highest BCUT2D eigenvalue weighted by Crippen LogP contribution is 2.29. The Morgan fingerprint density at radius 1 is 1.07 bits per heavy atom. The van der Waals surface area contributed by atoms with Gasteiger partial charge in [0, 0.05) is 11.3 Å². The molecule has 0 saturated carbocycles. The van der Waals surface area contributed by atoms with Crippen LogP contribution >= 0.6 is 0 Å². The number of nitrogens with one attached hydrogen (secondary N) is 1. The first-order valence-electron chi connectivity index (χ1n) is 8.46. The highest BCUT2D eigenvalue weighted by atomic mass is 19.1. The molecule has 27 heavy (non-hydrogen) atoms. The summed E-state index contributed by atoms with van der Waals surface area (Å²) in [4.78, 5) is 11.5. The van der Waals surface area contributed by atoms with Crippen LogP contribution in [0.2, 0.25) is 0 Å². The number of hydrogen-bond acceptors (Lipinski definition) is 4. The van der Waals surface area contributed by atoms with Crippen LogP contribution in [0.25, 0.3) is 0 Å². The largest absolute Gasteiger partial charge is 0.469 e. The van der Waals surface area contributed by atoms with E-state index in [1.54, 1.807) is 32.9 Å². The van der Waals surface area contributed by atoms with Crippen molar-refractivity contribution in [3.63, 3.8) is 0 Å². The molecule has 6 heteroatoms.